The molecule has 2 aromatic heterocycles. The number of fused-ring (bicyclic) bond motifs is 1. The molecule has 3 aromatic rings. The Bertz CT molecular complexity index is 986. The summed E-state index contributed by atoms with van der Waals surface area (Å²) in [6.45, 7) is 4.87. The van der Waals surface area contributed by atoms with Crippen LogP contribution >= 0.6 is 0 Å². The second kappa shape index (κ2) is 6.99. The monoisotopic (exact) mass is 360 g/mol. The summed E-state index contributed by atoms with van der Waals surface area (Å²) in [5, 5.41) is 0.890. The summed E-state index contributed by atoms with van der Waals surface area (Å²) >= 11 is 0. The zero-order chi connectivity index (χ0) is 19.0. The number of hydrogen-bond acceptors (Lipinski definition) is 4. The molecule has 0 radical (unpaired) electrons. The van der Waals surface area contributed by atoms with E-state index in [1.165, 1.54) is 5.56 Å². The number of carbonyl (C=O) groups is 1. The molecule has 27 heavy (non-hydrogen) atoms. The molecule has 0 spiro atoms. The number of aromatic nitrogens is 2. The van der Waals surface area contributed by atoms with Crippen molar-refractivity contribution in [3.8, 4) is 0 Å². The number of pyridine rings is 2. The predicted molar refractivity (Wildman–Crippen MR) is 107 cm³/mol. The fourth-order valence-corrected chi connectivity index (χ4v) is 3.86. The summed E-state index contributed by atoms with van der Waals surface area (Å²) in [5.74, 6) is 0.960. The zero-order valence-corrected chi connectivity index (χ0v) is 15.7. The Balaban J connectivity index is 1.70. The lowest BCUT2D eigenvalue weighted by Crippen LogP contribution is -2.41. The van der Waals surface area contributed by atoms with E-state index in [0.29, 0.717) is 22.9 Å². The van der Waals surface area contributed by atoms with Crippen molar-refractivity contribution >= 4 is 22.6 Å². The number of benzene rings is 1. The number of aryl methyl sites for hydroxylation is 1. The number of nitrogen functional groups attached to an aromatic ring is 1. The van der Waals surface area contributed by atoms with E-state index < -0.39 is 0 Å². The maximum atomic E-state index is 13.3. The number of hydrogen-bond donors (Lipinski definition) is 1. The highest BCUT2D eigenvalue weighted by atomic mass is 16.2. The first-order valence-electron chi connectivity index (χ1n) is 9.41. The minimum atomic E-state index is -0.0215. The van der Waals surface area contributed by atoms with Crippen molar-refractivity contribution in [2.24, 2.45) is 5.92 Å². The van der Waals surface area contributed by atoms with Crippen molar-refractivity contribution < 1.29 is 4.79 Å². The van der Waals surface area contributed by atoms with Gasteiger partial charge in [-0.15, -0.1) is 0 Å². The summed E-state index contributed by atoms with van der Waals surface area (Å²) in [4.78, 5) is 24.1. The van der Waals surface area contributed by atoms with Crippen LogP contribution in [0.15, 0.2) is 48.7 Å². The summed E-state index contributed by atoms with van der Waals surface area (Å²) in [5.41, 5.74) is 9.14. The largest absolute Gasteiger partial charge is 0.383 e. The van der Waals surface area contributed by atoms with Gasteiger partial charge >= 0.3 is 0 Å². The van der Waals surface area contributed by atoms with Crippen LogP contribution in [-0.4, -0.2) is 27.3 Å². The first-order chi connectivity index (χ1) is 13.0. The lowest BCUT2D eigenvalue weighted by atomic mass is 9.89. The normalized spacial score (nSPS) is 20.0. The molecule has 0 bridgehead atoms. The topological polar surface area (TPSA) is 72.1 Å². The molecule has 1 amide bonds. The van der Waals surface area contributed by atoms with E-state index in [1.54, 1.807) is 6.20 Å². The average molecular weight is 360 g/mol. The first kappa shape index (κ1) is 17.5. The van der Waals surface area contributed by atoms with Crippen molar-refractivity contribution in [3.63, 3.8) is 0 Å². The first-order valence-corrected chi connectivity index (χ1v) is 9.41. The molecule has 1 saturated heterocycles. The predicted octanol–water partition coefficient (Wildman–Crippen LogP) is 4.13. The summed E-state index contributed by atoms with van der Waals surface area (Å²) < 4.78 is 0. The smallest absolute Gasteiger partial charge is 0.272 e. The van der Waals surface area contributed by atoms with E-state index in [2.05, 4.69) is 29.0 Å². The molecule has 1 fully saturated rings. The van der Waals surface area contributed by atoms with E-state index >= 15 is 0 Å². The van der Waals surface area contributed by atoms with Crippen molar-refractivity contribution in [2.45, 2.75) is 32.7 Å². The SMILES string of the molecule is Cc1cc2cc(C(=O)N3C[C@@H](C)CC[C@@H]3c3ccccc3)ncc2nc1N. The van der Waals surface area contributed by atoms with Gasteiger partial charge in [0.2, 0.25) is 0 Å². The van der Waals surface area contributed by atoms with Crippen molar-refractivity contribution in [1.29, 1.82) is 0 Å². The molecule has 3 heterocycles. The Hall–Kier alpha value is -2.95. The van der Waals surface area contributed by atoms with Crippen LogP contribution in [0.2, 0.25) is 0 Å². The number of nitrogens with two attached hydrogens (primary N) is 1. The van der Waals surface area contributed by atoms with Gasteiger partial charge < -0.3 is 10.6 Å². The van der Waals surface area contributed by atoms with E-state index in [0.717, 1.165) is 30.3 Å². The minimum absolute atomic E-state index is 0.0215. The zero-order valence-electron chi connectivity index (χ0n) is 15.7. The van der Waals surface area contributed by atoms with Gasteiger partial charge in [-0.1, -0.05) is 37.3 Å². The highest BCUT2D eigenvalue weighted by molar-refractivity contribution is 5.96. The second-order valence-corrected chi connectivity index (χ2v) is 7.52. The Labute approximate surface area is 159 Å². The van der Waals surface area contributed by atoms with Gasteiger partial charge in [-0.3, -0.25) is 4.79 Å². The number of carbonyl (C=O) groups excluding carboxylic acids is 1. The highest BCUT2D eigenvalue weighted by Gasteiger charge is 2.32. The van der Waals surface area contributed by atoms with Crippen molar-refractivity contribution in [2.75, 3.05) is 12.3 Å². The molecule has 5 nitrogen and oxygen atoms in total. The highest BCUT2D eigenvalue weighted by Crippen LogP contribution is 2.34. The van der Waals surface area contributed by atoms with Gasteiger partial charge in [0.15, 0.2) is 0 Å². The van der Waals surface area contributed by atoms with Gasteiger partial charge in [-0.05, 0) is 48.9 Å². The fourth-order valence-electron chi connectivity index (χ4n) is 3.86. The third-order valence-electron chi connectivity index (χ3n) is 5.41. The molecule has 2 N–H and O–H groups in total. The molecule has 0 unspecified atom stereocenters. The van der Waals surface area contributed by atoms with Crippen LogP contribution in [0.4, 0.5) is 5.82 Å². The number of likely N-dealkylation sites (tertiary alicyclic amines) is 1. The molecule has 5 heteroatoms. The number of amides is 1. The van der Waals surface area contributed by atoms with Gasteiger partial charge in [-0.2, -0.15) is 0 Å². The third-order valence-corrected chi connectivity index (χ3v) is 5.41. The van der Waals surface area contributed by atoms with Gasteiger partial charge in [0, 0.05) is 11.9 Å². The average Bonchev–Trinajstić information content (AvgIpc) is 2.68. The van der Waals surface area contributed by atoms with Crippen LogP contribution in [0.25, 0.3) is 10.9 Å². The van der Waals surface area contributed by atoms with Crippen LogP contribution in [-0.2, 0) is 0 Å². The van der Waals surface area contributed by atoms with Gasteiger partial charge in [-0.25, -0.2) is 9.97 Å². The molecule has 2 atom stereocenters. The van der Waals surface area contributed by atoms with Crippen LogP contribution < -0.4 is 5.73 Å². The van der Waals surface area contributed by atoms with Gasteiger partial charge in [0.1, 0.15) is 11.5 Å². The number of nitrogens with zero attached hydrogens (tertiary/aromatic N) is 3. The van der Waals surface area contributed by atoms with E-state index in [4.69, 9.17) is 5.73 Å². The van der Waals surface area contributed by atoms with Gasteiger partial charge in [0.25, 0.3) is 5.91 Å². The molecule has 0 aliphatic carbocycles. The lowest BCUT2D eigenvalue weighted by molar-refractivity contribution is 0.0538. The number of piperidine rings is 1. The van der Waals surface area contributed by atoms with E-state index in [-0.39, 0.29) is 11.9 Å². The minimum Gasteiger partial charge on any atom is -0.383 e. The molecule has 4 rings (SSSR count). The molecule has 1 aliphatic heterocycles. The fraction of sp³-hybridized carbons (Fsp3) is 0.318. The maximum Gasteiger partial charge on any atom is 0.272 e. The van der Waals surface area contributed by atoms with E-state index in [9.17, 15) is 4.79 Å². The molecular formula is C22H24N4O. The standard InChI is InChI=1S/C22H24N4O/c1-14-8-9-20(16-6-4-3-5-7-16)26(13-14)22(27)18-11-17-10-15(2)21(23)25-19(17)12-24-18/h3-7,10-12,14,20H,8-9,13H2,1-2H3,(H2,23,25)/t14-,20+/m0/s1. The summed E-state index contributed by atoms with van der Waals surface area (Å²) in [6, 6.07) is 14.2. The molecule has 1 aromatic carbocycles. The van der Waals surface area contributed by atoms with E-state index in [1.807, 2.05) is 42.2 Å². The number of anilines is 1. The van der Waals surface area contributed by atoms with Crippen molar-refractivity contribution in [3.05, 3.63) is 65.5 Å². The Morgan fingerprint density at radius 2 is 1.96 bits per heavy atom. The van der Waals surface area contributed by atoms with Crippen LogP contribution in [0.5, 0.6) is 0 Å². The maximum absolute atomic E-state index is 13.3. The van der Waals surface area contributed by atoms with Gasteiger partial charge in [0.05, 0.1) is 17.8 Å². The molecule has 0 saturated carbocycles. The Morgan fingerprint density at radius 3 is 2.74 bits per heavy atom. The molecule has 138 valence electrons. The van der Waals surface area contributed by atoms with Crippen LogP contribution in [0.1, 0.15) is 47.4 Å². The van der Waals surface area contributed by atoms with Crippen LogP contribution in [0, 0.1) is 12.8 Å². The summed E-state index contributed by atoms with van der Waals surface area (Å²) in [6.07, 6.45) is 3.74. The third kappa shape index (κ3) is 3.37. The second-order valence-electron chi connectivity index (χ2n) is 7.52. The molecular weight excluding hydrogens is 336 g/mol. The summed E-state index contributed by atoms with van der Waals surface area (Å²) in [7, 11) is 0. The number of rotatable bonds is 2. The lowest BCUT2D eigenvalue weighted by Gasteiger charge is -2.39. The van der Waals surface area contributed by atoms with Crippen LogP contribution in [0.3, 0.4) is 0 Å². The molecule has 1 aliphatic rings. The Kier molecular flexibility index (Phi) is 4.52. The quantitative estimate of drug-likeness (QED) is 0.746. The van der Waals surface area contributed by atoms with Crippen molar-refractivity contribution in [1.82, 2.24) is 14.9 Å². The Morgan fingerprint density at radius 1 is 1.19 bits per heavy atom.